The van der Waals surface area contributed by atoms with Crippen LogP contribution in [0.3, 0.4) is 0 Å². The molecule has 1 aromatic rings. The minimum Gasteiger partial charge on any atom is -0.326 e. The maximum absolute atomic E-state index is 13.8. The lowest BCUT2D eigenvalue weighted by Gasteiger charge is -2.36. The van der Waals surface area contributed by atoms with E-state index in [1.807, 2.05) is 13.8 Å². The van der Waals surface area contributed by atoms with Gasteiger partial charge in [-0.3, -0.25) is 0 Å². The minimum atomic E-state index is -3.74. The van der Waals surface area contributed by atoms with Gasteiger partial charge in [-0.1, -0.05) is 18.5 Å². The third-order valence-corrected chi connectivity index (χ3v) is 6.61. The molecular weight excluding hydrogens is 315 g/mol. The first-order chi connectivity index (χ1) is 9.78. The van der Waals surface area contributed by atoms with Gasteiger partial charge in [0.15, 0.2) is 0 Å². The van der Waals surface area contributed by atoms with Crippen LogP contribution in [-0.4, -0.2) is 25.3 Å². The molecule has 0 bridgehead atoms. The predicted molar refractivity (Wildman–Crippen MR) is 81.1 cm³/mol. The van der Waals surface area contributed by atoms with E-state index in [1.54, 1.807) is 0 Å². The van der Waals surface area contributed by atoms with Crippen LogP contribution in [0.1, 0.15) is 32.3 Å². The molecule has 0 radical (unpaired) electrons. The van der Waals surface area contributed by atoms with Crippen LogP contribution in [-0.2, 0) is 16.6 Å². The van der Waals surface area contributed by atoms with E-state index in [1.165, 1.54) is 10.4 Å². The highest BCUT2D eigenvalue weighted by Gasteiger charge is 2.35. The lowest BCUT2D eigenvalue weighted by atomic mass is 9.94. The van der Waals surface area contributed by atoms with Crippen LogP contribution >= 0.6 is 11.6 Å². The lowest BCUT2D eigenvalue weighted by Crippen LogP contribution is -2.45. The maximum Gasteiger partial charge on any atom is 0.243 e. The Morgan fingerprint density at radius 3 is 2.71 bits per heavy atom. The standard InChI is InChI=1S/C14H20ClFN2O2S/c1-9-4-3-5-18(10(9)2)21(19,20)12-6-11(8-17)14(15)13(16)7-12/h6-7,9-10H,3-5,8,17H2,1-2H3. The Balaban J connectivity index is 2.46. The van der Waals surface area contributed by atoms with Gasteiger partial charge in [-0.25, -0.2) is 12.8 Å². The second-order valence-corrected chi connectivity index (χ2v) is 7.83. The summed E-state index contributed by atoms with van der Waals surface area (Å²) in [6.07, 6.45) is 1.81. The van der Waals surface area contributed by atoms with Gasteiger partial charge in [0.05, 0.1) is 9.92 Å². The number of nitrogens with zero attached hydrogens (tertiary/aromatic N) is 1. The first-order valence-corrected chi connectivity index (χ1v) is 8.80. The van der Waals surface area contributed by atoms with Crippen molar-refractivity contribution in [2.75, 3.05) is 6.54 Å². The Bertz CT molecular complexity index is 636. The molecule has 21 heavy (non-hydrogen) atoms. The Kier molecular flexibility index (Phi) is 4.92. The molecule has 4 nitrogen and oxygen atoms in total. The molecule has 118 valence electrons. The van der Waals surface area contributed by atoms with Crippen molar-refractivity contribution in [2.24, 2.45) is 11.7 Å². The third kappa shape index (κ3) is 3.08. The van der Waals surface area contributed by atoms with Gasteiger partial charge in [-0.2, -0.15) is 4.31 Å². The van der Waals surface area contributed by atoms with Gasteiger partial charge >= 0.3 is 0 Å². The summed E-state index contributed by atoms with van der Waals surface area (Å²) in [4.78, 5) is -0.0780. The summed E-state index contributed by atoms with van der Waals surface area (Å²) in [5.41, 5.74) is 5.80. The molecule has 2 unspecified atom stereocenters. The Morgan fingerprint density at radius 1 is 1.43 bits per heavy atom. The summed E-state index contributed by atoms with van der Waals surface area (Å²) in [6, 6.07) is 2.24. The fourth-order valence-corrected chi connectivity index (χ4v) is 4.70. The number of benzene rings is 1. The first-order valence-electron chi connectivity index (χ1n) is 6.99. The van der Waals surface area contributed by atoms with E-state index in [-0.39, 0.29) is 28.4 Å². The maximum atomic E-state index is 13.8. The van der Waals surface area contributed by atoms with Gasteiger partial charge in [0.25, 0.3) is 0 Å². The van der Waals surface area contributed by atoms with Crippen molar-refractivity contribution in [3.63, 3.8) is 0 Å². The second-order valence-electron chi connectivity index (χ2n) is 5.56. The minimum absolute atomic E-state index is 0.00886. The number of piperidine rings is 1. The number of hydrogen-bond acceptors (Lipinski definition) is 3. The number of rotatable bonds is 3. The van der Waals surface area contributed by atoms with E-state index >= 15 is 0 Å². The Morgan fingerprint density at radius 2 is 2.10 bits per heavy atom. The Hall–Kier alpha value is -0.690. The smallest absolute Gasteiger partial charge is 0.243 e. The molecule has 1 fully saturated rings. The molecule has 2 N–H and O–H groups in total. The highest BCUT2D eigenvalue weighted by atomic mass is 35.5. The lowest BCUT2D eigenvalue weighted by molar-refractivity contribution is 0.202. The van der Waals surface area contributed by atoms with E-state index in [2.05, 4.69) is 0 Å². The van der Waals surface area contributed by atoms with Gasteiger partial charge < -0.3 is 5.73 Å². The highest BCUT2D eigenvalue weighted by Crippen LogP contribution is 2.31. The van der Waals surface area contributed by atoms with E-state index in [0.29, 0.717) is 12.1 Å². The molecule has 0 saturated carbocycles. The van der Waals surface area contributed by atoms with Crippen LogP contribution in [0, 0.1) is 11.7 Å². The summed E-state index contributed by atoms with van der Waals surface area (Å²) in [7, 11) is -3.74. The van der Waals surface area contributed by atoms with Crippen molar-refractivity contribution in [3.05, 3.63) is 28.5 Å². The molecule has 2 atom stereocenters. The van der Waals surface area contributed by atoms with E-state index in [9.17, 15) is 12.8 Å². The quantitative estimate of drug-likeness (QED) is 0.924. The molecule has 2 rings (SSSR count). The summed E-state index contributed by atoms with van der Waals surface area (Å²) in [5, 5.41) is -0.114. The van der Waals surface area contributed by atoms with Crippen LogP contribution in [0.2, 0.25) is 5.02 Å². The fourth-order valence-electron chi connectivity index (χ4n) is 2.69. The van der Waals surface area contributed by atoms with E-state index in [4.69, 9.17) is 17.3 Å². The molecule has 1 saturated heterocycles. The molecule has 1 heterocycles. The number of nitrogens with two attached hydrogens (primary N) is 1. The largest absolute Gasteiger partial charge is 0.326 e. The number of hydrogen-bond donors (Lipinski definition) is 1. The number of halogens is 2. The van der Waals surface area contributed by atoms with Gasteiger partial charge in [-0.05, 0) is 43.4 Å². The zero-order valence-corrected chi connectivity index (χ0v) is 13.7. The zero-order chi connectivity index (χ0) is 15.8. The van der Waals surface area contributed by atoms with Crippen LogP contribution < -0.4 is 5.73 Å². The van der Waals surface area contributed by atoms with Gasteiger partial charge in [0.1, 0.15) is 5.82 Å². The molecular formula is C14H20ClFN2O2S. The Labute approximate surface area is 130 Å². The van der Waals surface area contributed by atoms with Crippen LogP contribution in [0.15, 0.2) is 17.0 Å². The summed E-state index contributed by atoms with van der Waals surface area (Å²) >= 11 is 5.79. The van der Waals surface area contributed by atoms with Crippen molar-refractivity contribution in [1.29, 1.82) is 0 Å². The summed E-state index contributed by atoms with van der Waals surface area (Å²) in [6.45, 7) is 4.36. The van der Waals surface area contributed by atoms with E-state index < -0.39 is 15.8 Å². The summed E-state index contributed by atoms with van der Waals surface area (Å²) < 4.78 is 40.8. The average Bonchev–Trinajstić information content (AvgIpc) is 2.44. The molecule has 0 spiro atoms. The zero-order valence-electron chi connectivity index (χ0n) is 12.1. The van der Waals surface area contributed by atoms with Gasteiger partial charge in [0.2, 0.25) is 10.0 Å². The topological polar surface area (TPSA) is 63.4 Å². The SMILES string of the molecule is CC1CCCN(S(=O)(=O)c2cc(F)c(Cl)c(CN)c2)C1C. The second kappa shape index (κ2) is 6.20. The average molecular weight is 335 g/mol. The van der Waals surface area contributed by atoms with Gasteiger partial charge in [-0.15, -0.1) is 0 Å². The predicted octanol–water partition coefficient (Wildman–Crippen LogP) is 2.75. The molecule has 1 aliphatic rings. The van der Waals surface area contributed by atoms with Crippen molar-refractivity contribution in [2.45, 2.75) is 44.2 Å². The van der Waals surface area contributed by atoms with E-state index in [0.717, 1.165) is 18.9 Å². The van der Waals surface area contributed by atoms with Crippen LogP contribution in [0.25, 0.3) is 0 Å². The monoisotopic (exact) mass is 334 g/mol. The number of sulfonamides is 1. The molecule has 1 aliphatic heterocycles. The fraction of sp³-hybridized carbons (Fsp3) is 0.571. The van der Waals surface area contributed by atoms with Crippen molar-refractivity contribution < 1.29 is 12.8 Å². The molecule has 0 aliphatic carbocycles. The molecule has 0 aromatic heterocycles. The molecule has 1 aromatic carbocycles. The highest BCUT2D eigenvalue weighted by molar-refractivity contribution is 7.89. The van der Waals surface area contributed by atoms with Crippen LogP contribution in [0.4, 0.5) is 4.39 Å². The normalized spacial score (nSPS) is 24.2. The van der Waals surface area contributed by atoms with Crippen molar-refractivity contribution in [1.82, 2.24) is 4.31 Å². The molecule has 7 heteroatoms. The van der Waals surface area contributed by atoms with Gasteiger partial charge in [0, 0.05) is 19.1 Å². The van der Waals surface area contributed by atoms with Crippen molar-refractivity contribution >= 4 is 21.6 Å². The molecule has 0 amide bonds. The first kappa shape index (κ1) is 16.7. The van der Waals surface area contributed by atoms with Crippen LogP contribution in [0.5, 0.6) is 0 Å². The summed E-state index contributed by atoms with van der Waals surface area (Å²) in [5.74, 6) is -0.476. The third-order valence-electron chi connectivity index (χ3n) is 4.22. The van der Waals surface area contributed by atoms with Crippen molar-refractivity contribution in [3.8, 4) is 0 Å².